The summed E-state index contributed by atoms with van der Waals surface area (Å²) in [6, 6.07) is 22.8. The molecule has 0 aliphatic heterocycles. The van der Waals surface area contributed by atoms with Gasteiger partial charge in [0, 0.05) is 25.0 Å². The number of benzene rings is 2. The van der Waals surface area contributed by atoms with Crippen LogP contribution in [-0.2, 0) is 17.6 Å². The Balaban J connectivity index is 0.000000226. The summed E-state index contributed by atoms with van der Waals surface area (Å²) >= 11 is 0. The Morgan fingerprint density at radius 3 is 1.51 bits per heavy atom. The molecule has 0 spiro atoms. The third-order valence-corrected chi connectivity index (χ3v) is 5.70. The van der Waals surface area contributed by atoms with Crippen molar-refractivity contribution in [2.45, 2.75) is 12.8 Å². The molecule has 10 heteroatoms. The first kappa shape index (κ1) is 30.4. The Bertz CT molecular complexity index is 1400. The summed E-state index contributed by atoms with van der Waals surface area (Å²) in [5.41, 5.74) is 2.47. The summed E-state index contributed by atoms with van der Waals surface area (Å²) in [7, 11) is 4.28. The van der Waals surface area contributed by atoms with Crippen LogP contribution in [0.25, 0.3) is 0 Å². The molecule has 0 radical (unpaired) electrons. The predicted molar refractivity (Wildman–Crippen MR) is 151 cm³/mol. The van der Waals surface area contributed by atoms with E-state index in [-0.39, 0.29) is 11.4 Å². The number of aromatic nitrogens is 2. The van der Waals surface area contributed by atoms with Gasteiger partial charge in [0.05, 0.1) is 46.9 Å². The normalized spacial score (nSPS) is 10.0. The molecule has 0 amide bonds. The maximum atomic E-state index is 11.4. The van der Waals surface area contributed by atoms with Crippen molar-refractivity contribution in [1.82, 2.24) is 9.97 Å². The molecule has 2 aromatic heterocycles. The molecular formula is C31H32N2O8. The quantitative estimate of drug-likeness (QED) is 0.239. The summed E-state index contributed by atoms with van der Waals surface area (Å²) in [4.78, 5) is 30.0. The van der Waals surface area contributed by atoms with E-state index >= 15 is 0 Å². The van der Waals surface area contributed by atoms with Gasteiger partial charge in [-0.3, -0.25) is 0 Å². The molecule has 0 saturated heterocycles. The first-order valence-corrected chi connectivity index (χ1v) is 12.7. The van der Waals surface area contributed by atoms with Gasteiger partial charge in [-0.2, -0.15) is 0 Å². The number of carbonyl (C=O) groups excluding carboxylic acids is 1. The molecule has 1 N–H and O–H groups in total. The molecule has 0 unspecified atom stereocenters. The topological polar surface area (TPSA) is 126 Å². The zero-order valence-electron chi connectivity index (χ0n) is 23.1. The highest BCUT2D eigenvalue weighted by atomic mass is 16.5. The summed E-state index contributed by atoms with van der Waals surface area (Å²) in [6.07, 6.45) is 4.37. The molecule has 4 aromatic rings. The lowest BCUT2D eigenvalue weighted by Gasteiger charge is -2.11. The minimum Gasteiger partial charge on any atom is -0.493 e. The van der Waals surface area contributed by atoms with E-state index in [1.807, 2.05) is 60.7 Å². The van der Waals surface area contributed by atoms with Gasteiger partial charge >= 0.3 is 11.9 Å². The fourth-order valence-electron chi connectivity index (χ4n) is 3.56. The van der Waals surface area contributed by atoms with Gasteiger partial charge in [-0.1, -0.05) is 60.7 Å². The average molecular weight is 561 g/mol. The van der Waals surface area contributed by atoms with Crippen LogP contribution in [0.1, 0.15) is 32.1 Å². The molecule has 0 fully saturated rings. The molecule has 214 valence electrons. The fourth-order valence-corrected chi connectivity index (χ4v) is 3.56. The molecule has 0 bridgehead atoms. The molecule has 41 heavy (non-hydrogen) atoms. The second-order valence-corrected chi connectivity index (χ2v) is 8.41. The Kier molecular flexibility index (Phi) is 11.9. The van der Waals surface area contributed by atoms with Crippen molar-refractivity contribution in [1.29, 1.82) is 0 Å². The lowest BCUT2D eigenvalue weighted by atomic mass is 10.2. The minimum atomic E-state index is -1.10. The van der Waals surface area contributed by atoms with Gasteiger partial charge in [-0.15, -0.1) is 0 Å². The number of ether oxygens (including phenoxy) is 5. The number of carboxylic acids is 1. The maximum absolute atomic E-state index is 11.4. The fraction of sp³-hybridized carbons (Fsp3) is 0.226. The van der Waals surface area contributed by atoms with Crippen molar-refractivity contribution >= 4 is 11.9 Å². The van der Waals surface area contributed by atoms with Crippen LogP contribution < -0.4 is 18.9 Å². The van der Waals surface area contributed by atoms with Crippen LogP contribution in [0, 0.1) is 0 Å². The van der Waals surface area contributed by atoms with Crippen LogP contribution in [0.2, 0.25) is 0 Å². The van der Waals surface area contributed by atoms with Gasteiger partial charge in [0.15, 0.2) is 34.4 Å². The number of esters is 1. The van der Waals surface area contributed by atoms with Crippen molar-refractivity contribution in [2.24, 2.45) is 0 Å². The summed E-state index contributed by atoms with van der Waals surface area (Å²) in [5.74, 6) is 0.154. The van der Waals surface area contributed by atoms with Crippen LogP contribution in [0.5, 0.6) is 23.0 Å². The van der Waals surface area contributed by atoms with Gasteiger partial charge in [0.2, 0.25) is 0 Å². The molecule has 4 rings (SSSR count). The zero-order chi connectivity index (χ0) is 29.5. The number of carbonyl (C=O) groups is 2. The number of methoxy groups -OCH3 is 3. The van der Waals surface area contributed by atoms with E-state index in [2.05, 4.69) is 14.7 Å². The van der Waals surface area contributed by atoms with E-state index in [1.54, 1.807) is 0 Å². The monoisotopic (exact) mass is 560 g/mol. The second-order valence-electron chi connectivity index (χ2n) is 8.41. The Morgan fingerprint density at radius 1 is 0.659 bits per heavy atom. The van der Waals surface area contributed by atoms with Gasteiger partial charge in [-0.05, 0) is 11.1 Å². The van der Waals surface area contributed by atoms with Gasteiger partial charge in [-0.25, -0.2) is 19.6 Å². The molecule has 0 aliphatic rings. The van der Waals surface area contributed by atoms with E-state index in [1.165, 1.54) is 57.0 Å². The minimum absolute atomic E-state index is 0.0720. The lowest BCUT2D eigenvalue weighted by molar-refractivity contribution is 0.0592. The molecular weight excluding hydrogens is 528 g/mol. The first-order valence-electron chi connectivity index (χ1n) is 12.7. The SMILES string of the molecule is COC(=O)c1cc(OC)c(OCCc2ccccc2)cn1.COc1cc(C(=O)O)ncc1OCCc1ccccc1. The summed E-state index contributed by atoms with van der Waals surface area (Å²) < 4.78 is 26.2. The molecule has 2 heterocycles. The smallest absolute Gasteiger partial charge is 0.356 e. The average Bonchev–Trinajstić information content (AvgIpc) is 3.02. The number of aromatic carboxylic acids is 1. The van der Waals surface area contributed by atoms with Crippen LogP contribution in [0.4, 0.5) is 0 Å². The highest BCUT2D eigenvalue weighted by molar-refractivity contribution is 5.87. The van der Waals surface area contributed by atoms with Crippen molar-refractivity contribution < 1.29 is 38.4 Å². The lowest BCUT2D eigenvalue weighted by Crippen LogP contribution is -2.07. The van der Waals surface area contributed by atoms with E-state index in [9.17, 15) is 9.59 Å². The van der Waals surface area contributed by atoms with Crippen molar-refractivity contribution in [3.63, 3.8) is 0 Å². The van der Waals surface area contributed by atoms with Gasteiger partial charge in [0.25, 0.3) is 0 Å². The van der Waals surface area contributed by atoms with E-state index in [0.29, 0.717) is 36.2 Å². The molecule has 2 aromatic carbocycles. The standard InChI is InChI=1S/C16H17NO4.C15H15NO4/c1-19-14-10-13(16(18)20-2)17-11-15(14)21-9-8-12-6-4-3-5-7-12;1-19-13-9-12(15(17)18)16-10-14(13)20-8-7-11-5-3-2-4-6-11/h3-7,10-11H,8-9H2,1-2H3;2-6,9-10H,7-8H2,1H3,(H,17,18). The number of pyridine rings is 2. The number of nitrogens with zero attached hydrogens (tertiary/aromatic N) is 2. The van der Waals surface area contributed by atoms with Gasteiger partial charge < -0.3 is 28.8 Å². The van der Waals surface area contributed by atoms with E-state index in [4.69, 9.17) is 24.1 Å². The van der Waals surface area contributed by atoms with Crippen molar-refractivity contribution in [2.75, 3.05) is 34.5 Å². The Labute approximate surface area is 238 Å². The summed E-state index contributed by atoms with van der Waals surface area (Å²) in [5, 5.41) is 8.86. The number of rotatable bonds is 12. The molecule has 10 nitrogen and oxygen atoms in total. The first-order chi connectivity index (χ1) is 19.9. The molecule has 0 saturated carbocycles. The van der Waals surface area contributed by atoms with Crippen LogP contribution >= 0.6 is 0 Å². The van der Waals surface area contributed by atoms with Gasteiger partial charge in [0.1, 0.15) is 0 Å². The molecule has 0 aliphatic carbocycles. The summed E-state index contributed by atoms with van der Waals surface area (Å²) in [6.45, 7) is 0.966. The number of carboxylic acid groups (broad SMARTS) is 1. The van der Waals surface area contributed by atoms with Crippen molar-refractivity contribution in [3.8, 4) is 23.0 Å². The van der Waals surface area contributed by atoms with Crippen LogP contribution in [0.15, 0.2) is 85.2 Å². The maximum Gasteiger partial charge on any atom is 0.356 e. The number of hydrogen-bond donors (Lipinski definition) is 1. The largest absolute Gasteiger partial charge is 0.493 e. The third kappa shape index (κ3) is 9.54. The van der Waals surface area contributed by atoms with E-state index < -0.39 is 11.9 Å². The predicted octanol–water partition coefficient (Wildman–Crippen LogP) is 4.91. The number of hydrogen-bond acceptors (Lipinski definition) is 9. The highest BCUT2D eigenvalue weighted by Crippen LogP contribution is 2.27. The Hall–Kier alpha value is -5.12. The van der Waals surface area contributed by atoms with Crippen molar-refractivity contribution in [3.05, 3.63) is 108 Å². The zero-order valence-corrected chi connectivity index (χ0v) is 23.1. The third-order valence-electron chi connectivity index (χ3n) is 5.70. The van der Waals surface area contributed by atoms with Crippen LogP contribution in [-0.4, -0.2) is 61.6 Å². The Morgan fingerprint density at radius 2 is 1.10 bits per heavy atom. The highest BCUT2D eigenvalue weighted by Gasteiger charge is 2.13. The second kappa shape index (κ2) is 16.1. The van der Waals surface area contributed by atoms with Crippen LogP contribution in [0.3, 0.4) is 0 Å². The van der Waals surface area contributed by atoms with E-state index in [0.717, 1.165) is 12.8 Å². The molecule has 0 atom stereocenters.